The van der Waals surface area contributed by atoms with Gasteiger partial charge in [0.1, 0.15) is 5.75 Å². The first-order chi connectivity index (χ1) is 15.8. The number of hydrogen-bond acceptors (Lipinski definition) is 4. The number of benzene rings is 4. The number of Topliss-reactive ketones (excluding diaryl/α,β-unsaturated/α-hetero) is 1. The number of ether oxygens (including phenoxy) is 1. The Labute approximate surface area is 186 Å². The number of aromatic nitrogens is 2. The molecule has 4 heteroatoms. The summed E-state index contributed by atoms with van der Waals surface area (Å²) >= 11 is 0. The lowest BCUT2D eigenvalue weighted by molar-refractivity contribution is 0.0921. The Bertz CT molecular complexity index is 1360. The van der Waals surface area contributed by atoms with Gasteiger partial charge in [-0.2, -0.15) is 0 Å². The summed E-state index contributed by atoms with van der Waals surface area (Å²) in [4.78, 5) is 21.7. The minimum Gasteiger partial charge on any atom is -0.485 e. The monoisotopic (exact) mass is 416 g/mol. The van der Waals surface area contributed by atoms with Crippen LogP contribution in [0.5, 0.6) is 5.75 Å². The van der Waals surface area contributed by atoms with E-state index < -0.39 is 0 Å². The average Bonchev–Trinajstić information content (AvgIpc) is 2.88. The van der Waals surface area contributed by atoms with E-state index in [0.29, 0.717) is 11.3 Å². The first-order valence-electron chi connectivity index (χ1n) is 10.4. The molecule has 4 aromatic carbocycles. The summed E-state index contributed by atoms with van der Waals surface area (Å²) < 4.78 is 5.71. The van der Waals surface area contributed by atoms with Crippen molar-refractivity contribution < 1.29 is 9.53 Å². The van der Waals surface area contributed by atoms with Gasteiger partial charge in [-0.15, -0.1) is 0 Å². The van der Waals surface area contributed by atoms with Gasteiger partial charge in [0, 0.05) is 11.1 Å². The number of carbonyl (C=O) groups is 1. The number of para-hydroxylation sites is 2. The Balaban J connectivity index is 1.23. The molecule has 0 saturated heterocycles. The van der Waals surface area contributed by atoms with E-state index in [1.807, 2.05) is 103 Å². The zero-order valence-electron chi connectivity index (χ0n) is 17.3. The van der Waals surface area contributed by atoms with E-state index in [0.717, 1.165) is 33.4 Å². The molecular weight excluding hydrogens is 396 g/mol. The van der Waals surface area contributed by atoms with E-state index in [9.17, 15) is 4.79 Å². The van der Waals surface area contributed by atoms with Gasteiger partial charge < -0.3 is 4.74 Å². The molecule has 1 heterocycles. The quantitative estimate of drug-likeness (QED) is 0.308. The van der Waals surface area contributed by atoms with Gasteiger partial charge in [0.2, 0.25) is 0 Å². The second kappa shape index (κ2) is 8.82. The fraction of sp³-hybridized carbons (Fsp3) is 0.0357. The maximum atomic E-state index is 12.5. The van der Waals surface area contributed by atoms with Crippen LogP contribution in [0.2, 0.25) is 0 Å². The molecule has 0 amide bonds. The Morgan fingerprint density at radius 1 is 0.656 bits per heavy atom. The summed E-state index contributed by atoms with van der Waals surface area (Å²) in [5.74, 6) is 0.575. The van der Waals surface area contributed by atoms with Crippen LogP contribution in [0.15, 0.2) is 109 Å². The predicted octanol–water partition coefficient (Wildman–Crippen LogP) is 6.23. The Hall–Kier alpha value is -4.31. The lowest BCUT2D eigenvalue weighted by Gasteiger charge is -2.08. The molecule has 0 saturated carbocycles. The highest BCUT2D eigenvalue weighted by molar-refractivity contribution is 5.97. The van der Waals surface area contributed by atoms with Crippen LogP contribution >= 0.6 is 0 Å². The van der Waals surface area contributed by atoms with Crippen molar-refractivity contribution in [1.29, 1.82) is 0 Å². The van der Waals surface area contributed by atoms with Crippen LogP contribution in [0.1, 0.15) is 10.4 Å². The molecule has 5 aromatic rings. The van der Waals surface area contributed by atoms with Gasteiger partial charge in [-0.3, -0.25) is 9.78 Å². The third kappa shape index (κ3) is 4.25. The van der Waals surface area contributed by atoms with Crippen LogP contribution < -0.4 is 4.74 Å². The molecule has 32 heavy (non-hydrogen) atoms. The van der Waals surface area contributed by atoms with Gasteiger partial charge in [-0.1, -0.05) is 66.7 Å². The van der Waals surface area contributed by atoms with Crippen LogP contribution in [0, 0.1) is 0 Å². The van der Waals surface area contributed by atoms with Crippen LogP contribution in [0.3, 0.4) is 0 Å². The lowest BCUT2D eigenvalue weighted by atomic mass is 10.0. The molecular formula is C28H20N2O2. The highest BCUT2D eigenvalue weighted by atomic mass is 16.5. The number of rotatable bonds is 6. The summed E-state index contributed by atoms with van der Waals surface area (Å²) in [6.45, 7) is -0.0141. The number of fused-ring (bicyclic) bond motifs is 1. The third-order valence-corrected chi connectivity index (χ3v) is 5.28. The second-order valence-electron chi connectivity index (χ2n) is 7.42. The molecule has 0 radical (unpaired) electrons. The topological polar surface area (TPSA) is 52.1 Å². The van der Waals surface area contributed by atoms with Crippen LogP contribution in [-0.2, 0) is 0 Å². The van der Waals surface area contributed by atoms with Crippen molar-refractivity contribution in [3.63, 3.8) is 0 Å². The highest BCUT2D eigenvalue weighted by Crippen LogP contribution is 2.23. The minimum atomic E-state index is -0.0610. The van der Waals surface area contributed by atoms with E-state index in [-0.39, 0.29) is 12.4 Å². The minimum absolute atomic E-state index is 0.0141. The van der Waals surface area contributed by atoms with Crippen molar-refractivity contribution >= 4 is 16.8 Å². The fourth-order valence-electron chi connectivity index (χ4n) is 3.53. The van der Waals surface area contributed by atoms with E-state index in [4.69, 9.17) is 4.74 Å². The van der Waals surface area contributed by atoms with Crippen molar-refractivity contribution in [2.24, 2.45) is 0 Å². The normalized spacial score (nSPS) is 10.8. The molecule has 0 aliphatic rings. The third-order valence-electron chi connectivity index (χ3n) is 5.28. The van der Waals surface area contributed by atoms with Crippen molar-refractivity contribution in [2.45, 2.75) is 0 Å². The first-order valence-corrected chi connectivity index (χ1v) is 10.4. The molecule has 0 atom stereocenters. The van der Waals surface area contributed by atoms with Crippen molar-refractivity contribution in [3.05, 3.63) is 115 Å². The van der Waals surface area contributed by atoms with Crippen molar-refractivity contribution in [3.8, 4) is 28.1 Å². The molecule has 0 aliphatic heterocycles. The molecule has 0 N–H and O–H groups in total. The molecule has 0 spiro atoms. The second-order valence-corrected chi connectivity index (χ2v) is 7.42. The SMILES string of the molecule is O=C(COc1ccc(-c2cnc3ccccc3n2)cc1)c1ccc(-c2ccccc2)cc1. The highest BCUT2D eigenvalue weighted by Gasteiger charge is 2.08. The van der Waals surface area contributed by atoms with Gasteiger partial charge in [0.25, 0.3) is 0 Å². The fourth-order valence-corrected chi connectivity index (χ4v) is 3.53. The molecule has 4 nitrogen and oxygen atoms in total. The predicted molar refractivity (Wildman–Crippen MR) is 127 cm³/mol. The summed E-state index contributed by atoms with van der Waals surface area (Å²) in [6, 6.07) is 33.0. The van der Waals surface area contributed by atoms with E-state index in [2.05, 4.69) is 9.97 Å². The lowest BCUT2D eigenvalue weighted by Crippen LogP contribution is -2.11. The number of carbonyl (C=O) groups excluding carboxylic acids is 1. The maximum Gasteiger partial charge on any atom is 0.200 e. The molecule has 1 aromatic heterocycles. The standard InChI is InChI=1S/C28H20N2O2/c31-28(23-12-10-21(11-13-23)20-6-2-1-3-7-20)19-32-24-16-14-22(15-17-24)27-18-29-25-8-4-5-9-26(25)30-27/h1-18H,19H2. The number of nitrogens with zero attached hydrogens (tertiary/aromatic N) is 2. The molecule has 0 unspecified atom stereocenters. The van der Waals surface area contributed by atoms with E-state index in [1.165, 1.54) is 0 Å². The Morgan fingerprint density at radius 2 is 1.28 bits per heavy atom. The van der Waals surface area contributed by atoms with Crippen molar-refractivity contribution in [1.82, 2.24) is 9.97 Å². The van der Waals surface area contributed by atoms with Gasteiger partial charge >= 0.3 is 0 Å². The largest absolute Gasteiger partial charge is 0.485 e. The summed E-state index contributed by atoms with van der Waals surface area (Å²) in [7, 11) is 0. The maximum absolute atomic E-state index is 12.5. The Morgan fingerprint density at radius 3 is 2.03 bits per heavy atom. The summed E-state index contributed by atoms with van der Waals surface area (Å²) in [5, 5.41) is 0. The Kier molecular flexibility index (Phi) is 5.41. The molecule has 0 aliphatic carbocycles. The van der Waals surface area contributed by atoms with Crippen LogP contribution in [0.4, 0.5) is 0 Å². The van der Waals surface area contributed by atoms with E-state index >= 15 is 0 Å². The van der Waals surface area contributed by atoms with Crippen LogP contribution in [-0.4, -0.2) is 22.4 Å². The first kappa shape index (κ1) is 19.6. The number of hydrogen-bond donors (Lipinski definition) is 0. The zero-order chi connectivity index (χ0) is 21.8. The zero-order valence-corrected chi connectivity index (χ0v) is 17.3. The van der Waals surface area contributed by atoms with E-state index in [1.54, 1.807) is 6.20 Å². The van der Waals surface area contributed by atoms with Gasteiger partial charge in [-0.25, -0.2) is 4.98 Å². The van der Waals surface area contributed by atoms with Gasteiger partial charge in [0.15, 0.2) is 12.4 Å². The smallest absolute Gasteiger partial charge is 0.200 e. The molecule has 0 bridgehead atoms. The summed E-state index contributed by atoms with van der Waals surface area (Å²) in [5.41, 5.74) is 6.30. The van der Waals surface area contributed by atoms with Gasteiger partial charge in [-0.05, 0) is 47.5 Å². The van der Waals surface area contributed by atoms with Crippen molar-refractivity contribution in [2.75, 3.05) is 6.61 Å². The summed E-state index contributed by atoms with van der Waals surface area (Å²) in [6.07, 6.45) is 1.76. The molecule has 5 rings (SSSR count). The number of ketones is 1. The molecule has 154 valence electrons. The van der Waals surface area contributed by atoms with Crippen LogP contribution in [0.25, 0.3) is 33.4 Å². The van der Waals surface area contributed by atoms with Gasteiger partial charge in [0.05, 0.1) is 22.9 Å². The molecule has 0 fully saturated rings. The average molecular weight is 416 g/mol.